The van der Waals surface area contributed by atoms with Crippen molar-refractivity contribution in [2.24, 2.45) is 17.8 Å². The Kier molecular flexibility index (Phi) is 4.93. The highest BCUT2D eigenvalue weighted by Crippen LogP contribution is 2.45. The van der Waals surface area contributed by atoms with Crippen LogP contribution < -0.4 is 0 Å². The van der Waals surface area contributed by atoms with Gasteiger partial charge in [-0.1, -0.05) is 18.1 Å². The van der Waals surface area contributed by atoms with Crippen molar-refractivity contribution in [1.82, 2.24) is 14.7 Å². The number of carbonyl (C=O) groups is 2. The van der Waals surface area contributed by atoms with E-state index >= 15 is 0 Å². The van der Waals surface area contributed by atoms with Gasteiger partial charge in [0.1, 0.15) is 5.76 Å². The first-order valence-electron chi connectivity index (χ1n) is 12.2. The molecule has 31 heavy (non-hydrogen) atoms. The fourth-order valence-electron chi connectivity index (χ4n) is 7.14. The van der Waals surface area contributed by atoms with Gasteiger partial charge in [0.2, 0.25) is 11.8 Å². The van der Waals surface area contributed by atoms with Gasteiger partial charge in [-0.2, -0.15) is 0 Å². The highest BCUT2D eigenvalue weighted by Gasteiger charge is 2.48. The van der Waals surface area contributed by atoms with Crippen molar-refractivity contribution in [2.75, 3.05) is 26.2 Å². The number of furan rings is 1. The smallest absolute Gasteiger partial charge is 0.228 e. The predicted molar refractivity (Wildman–Crippen MR) is 116 cm³/mol. The van der Waals surface area contributed by atoms with E-state index in [4.69, 9.17) is 4.42 Å². The van der Waals surface area contributed by atoms with Crippen LogP contribution in [0.4, 0.5) is 0 Å². The standard InChI is InChI=1S/C25H33N3O3/c29-23-13-20(15-27(23)16-21-6-4-10-31-21)25(30)28-9-3-5-17-11-18-12-19(24(17)28)14-26-8-2-1-7-22(18)26/h4,6,10-11,18-20,22,24H,1-3,5,7-9,12-16H2/t18-,19+,20+,22+,24-/m1/s1. The lowest BCUT2D eigenvalue weighted by atomic mass is 9.68. The van der Waals surface area contributed by atoms with Crippen LogP contribution in [0.5, 0.6) is 0 Å². The average Bonchev–Trinajstić information content (AvgIpc) is 3.43. The molecule has 6 nitrogen and oxygen atoms in total. The quantitative estimate of drug-likeness (QED) is 0.702. The third-order valence-electron chi connectivity index (χ3n) is 8.43. The van der Waals surface area contributed by atoms with Crippen molar-refractivity contribution in [3.05, 3.63) is 35.8 Å². The summed E-state index contributed by atoms with van der Waals surface area (Å²) in [6.07, 6.45) is 12.0. The van der Waals surface area contributed by atoms with Crippen molar-refractivity contribution >= 4 is 11.8 Å². The van der Waals surface area contributed by atoms with Crippen molar-refractivity contribution < 1.29 is 14.0 Å². The van der Waals surface area contributed by atoms with Crippen LogP contribution in [0.15, 0.2) is 34.5 Å². The number of rotatable bonds is 3. The second kappa shape index (κ2) is 7.80. The molecule has 4 aliphatic heterocycles. The fourth-order valence-corrected chi connectivity index (χ4v) is 7.14. The van der Waals surface area contributed by atoms with E-state index in [0.717, 1.165) is 37.7 Å². The van der Waals surface area contributed by atoms with Gasteiger partial charge in [-0.15, -0.1) is 0 Å². The first-order chi connectivity index (χ1) is 15.2. The SMILES string of the molecule is O=C1C[C@H](C(=O)N2CCCC3=C[C@@H]4C[C@@H](CN5CCCC[C@@H]45)[C@@H]32)CN1Cc1ccco1. The minimum atomic E-state index is -0.217. The summed E-state index contributed by atoms with van der Waals surface area (Å²) in [6, 6.07) is 4.72. The monoisotopic (exact) mass is 423 g/mol. The Morgan fingerprint density at radius 1 is 1.16 bits per heavy atom. The summed E-state index contributed by atoms with van der Waals surface area (Å²) in [5.41, 5.74) is 1.52. The zero-order valence-electron chi connectivity index (χ0n) is 18.2. The van der Waals surface area contributed by atoms with Gasteiger partial charge in [0.25, 0.3) is 0 Å². The van der Waals surface area contributed by atoms with Gasteiger partial charge in [-0.25, -0.2) is 0 Å². The lowest BCUT2D eigenvalue weighted by Gasteiger charge is -2.55. The summed E-state index contributed by atoms with van der Waals surface area (Å²) >= 11 is 0. The highest BCUT2D eigenvalue weighted by molar-refractivity contribution is 5.89. The average molecular weight is 424 g/mol. The molecule has 2 amide bonds. The molecule has 5 heterocycles. The molecule has 5 aliphatic rings. The van der Waals surface area contributed by atoms with Gasteiger partial charge in [0, 0.05) is 32.1 Å². The van der Waals surface area contributed by atoms with Crippen molar-refractivity contribution in [1.29, 1.82) is 0 Å². The summed E-state index contributed by atoms with van der Waals surface area (Å²) < 4.78 is 5.41. The lowest BCUT2D eigenvalue weighted by Crippen LogP contribution is -2.60. The molecular weight excluding hydrogens is 390 g/mol. The molecule has 0 radical (unpaired) electrons. The summed E-state index contributed by atoms with van der Waals surface area (Å²) in [4.78, 5) is 33.0. The Morgan fingerprint density at radius 2 is 2.10 bits per heavy atom. The number of hydrogen-bond acceptors (Lipinski definition) is 4. The van der Waals surface area contributed by atoms with Gasteiger partial charge in [-0.3, -0.25) is 14.5 Å². The van der Waals surface area contributed by atoms with E-state index < -0.39 is 0 Å². The van der Waals surface area contributed by atoms with Gasteiger partial charge in [0.15, 0.2) is 0 Å². The zero-order valence-corrected chi connectivity index (χ0v) is 18.2. The Labute approximate surface area is 184 Å². The number of hydrogen-bond donors (Lipinski definition) is 0. The van der Waals surface area contributed by atoms with Crippen molar-refractivity contribution in [3.8, 4) is 0 Å². The molecule has 2 bridgehead atoms. The molecule has 6 heteroatoms. The van der Waals surface area contributed by atoms with E-state index in [1.54, 1.807) is 11.2 Å². The first-order valence-corrected chi connectivity index (χ1v) is 12.2. The van der Waals surface area contributed by atoms with E-state index in [2.05, 4.69) is 15.9 Å². The Hall–Kier alpha value is -2.08. The molecule has 4 fully saturated rings. The molecule has 4 saturated heterocycles. The topological polar surface area (TPSA) is 57.0 Å². The lowest BCUT2D eigenvalue weighted by molar-refractivity contribution is -0.140. The van der Waals surface area contributed by atoms with Crippen LogP contribution in [-0.4, -0.2) is 64.8 Å². The van der Waals surface area contributed by atoms with Crippen molar-refractivity contribution in [3.63, 3.8) is 0 Å². The molecule has 0 aromatic carbocycles. The summed E-state index contributed by atoms with van der Waals surface area (Å²) in [5, 5.41) is 0. The molecule has 166 valence electrons. The maximum atomic E-state index is 13.7. The number of carbonyl (C=O) groups excluding carboxylic acids is 2. The minimum absolute atomic E-state index is 0.0695. The van der Waals surface area contributed by atoms with Crippen LogP contribution >= 0.6 is 0 Å². The van der Waals surface area contributed by atoms with E-state index in [1.807, 2.05) is 12.1 Å². The molecule has 1 aromatic rings. The van der Waals surface area contributed by atoms with E-state index in [-0.39, 0.29) is 23.8 Å². The van der Waals surface area contributed by atoms with Gasteiger partial charge in [-0.05, 0) is 62.6 Å². The molecule has 5 atom stereocenters. The fraction of sp³-hybridized carbons (Fsp3) is 0.680. The van der Waals surface area contributed by atoms with Gasteiger partial charge >= 0.3 is 0 Å². The molecule has 0 saturated carbocycles. The van der Waals surface area contributed by atoms with Gasteiger partial charge < -0.3 is 14.2 Å². The van der Waals surface area contributed by atoms with Crippen LogP contribution in [0.2, 0.25) is 0 Å². The second-order valence-electron chi connectivity index (χ2n) is 10.3. The maximum absolute atomic E-state index is 13.7. The largest absolute Gasteiger partial charge is 0.467 e. The normalized spacial score (nSPS) is 35.5. The maximum Gasteiger partial charge on any atom is 0.228 e. The summed E-state index contributed by atoms with van der Waals surface area (Å²) in [7, 11) is 0. The highest BCUT2D eigenvalue weighted by atomic mass is 16.3. The number of piperidine rings is 3. The molecule has 0 unspecified atom stereocenters. The number of amides is 2. The number of likely N-dealkylation sites (tertiary alicyclic amines) is 2. The number of fused-ring (bicyclic) bond motifs is 6. The second-order valence-corrected chi connectivity index (χ2v) is 10.3. The molecule has 1 aliphatic carbocycles. The Balaban J connectivity index is 1.20. The first kappa shape index (κ1) is 19.6. The molecular formula is C25H33N3O3. The third-order valence-corrected chi connectivity index (χ3v) is 8.43. The van der Waals surface area contributed by atoms with Crippen LogP contribution in [0.25, 0.3) is 0 Å². The van der Waals surface area contributed by atoms with Crippen LogP contribution in [0.3, 0.4) is 0 Å². The van der Waals surface area contributed by atoms with Gasteiger partial charge in [0.05, 0.1) is 24.8 Å². The predicted octanol–water partition coefficient (Wildman–Crippen LogP) is 3.05. The van der Waals surface area contributed by atoms with Crippen LogP contribution in [-0.2, 0) is 16.1 Å². The molecule has 0 spiro atoms. The summed E-state index contributed by atoms with van der Waals surface area (Å²) in [5.74, 6) is 2.06. The van der Waals surface area contributed by atoms with Crippen LogP contribution in [0.1, 0.15) is 50.7 Å². The Morgan fingerprint density at radius 3 is 2.97 bits per heavy atom. The minimum Gasteiger partial charge on any atom is -0.467 e. The number of nitrogens with zero attached hydrogens (tertiary/aromatic N) is 3. The molecule has 6 rings (SSSR count). The van der Waals surface area contributed by atoms with E-state index in [0.29, 0.717) is 31.3 Å². The van der Waals surface area contributed by atoms with Crippen LogP contribution in [0, 0.1) is 17.8 Å². The molecule has 1 aromatic heterocycles. The Bertz CT molecular complexity index is 879. The third kappa shape index (κ3) is 3.43. The molecule has 0 N–H and O–H groups in total. The van der Waals surface area contributed by atoms with E-state index in [1.165, 1.54) is 37.8 Å². The van der Waals surface area contributed by atoms with E-state index in [9.17, 15) is 9.59 Å². The summed E-state index contributed by atoms with van der Waals surface area (Å²) in [6.45, 7) is 4.18. The zero-order chi connectivity index (χ0) is 20.9. The van der Waals surface area contributed by atoms with Crippen molar-refractivity contribution in [2.45, 2.75) is 63.6 Å².